The van der Waals surface area contributed by atoms with E-state index in [0.29, 0.717) is 6.42 Å². The molecular weight excluding hydrogens is 394 g/mol. The molecule has 0 aliphatic carbocycles. The van der Waals surface area contributed by atoms with E-state index < -0.39 is 16.7 Å². The van der Waals surface area contributed by atoms with Gasteiger partial charge in [0, 0.05) is 38.3 Å². The van der Waals surface area contributed by atoms with Gasteiger partial charge in [-0.2, -0.15) is 0 Å². The Labute approximate surface area is 170 Å². The molecule has 3 aromatic rings. The Balaban J connectivity index is 2.16. The molecule has 0 unspecified atom stereocenters. The van der Waals surface area contributed by atoms with Gasteiger partial charge in [0.25, 0.3) is 16.7 Å². The highest BCUT2D eigenvalue weighted by Crippen LogP contribution is 2.30. The quantitative estimate of drug-likeness (QED) is 0.565. The molecule has 1 atom stereocenters. The first-order chi connectivity index (χ1) is 13.7. The van der Waals surface area contributed by atoms with Gasteiger partial charge < -0.3 is 20.3 Å². The number of nitrogens with zero attached hydrogens (tertiary/aromatic N) is 3. The van der Waals surface area contributed by atoms with E-state index in [4.69, 9.17) is 0 Å². The summed E-state index contributed by atoms with van der Waals surface area (Å²) in [6.07, 6.45) is 2.07. The van der Waals surface area contributed by atoms with Gasteiger partial charge >= 0.3 is 0 Å². The second-order valence-corrected chi connectivity index (χ2v) is 7.65. The lowest BCUT2D eigenvalue weighted by molar-refractivity contribution is 0.474. The molecule has 10 heteroatoms. The van der Waals surface area contributed by atoms with Crippen molar-refractivity contribution >= 4 is 28.4 Å². The Bertz CT molecular complexity index is 1210. The number of hydrogen-bond donors (Lipinski definition) is 3. The molecule has 154 valence electrons. The molecule has 0 saturated carbocycles. The average molecular weight is 417 g/mol. The van der Waals surface area contributed by atoms with Gasteiger partial charge in [0.1, 0.15) is 17.1 Å². The summed E-state index contributed by atoms with van der Waals surface area (Å²) in [5.41, 5.74) is -1.00. The molecule has 0 spiro atoms. The highest BCUT2D eigenvalue weighted by molar-refractivity contribution is 7.10. The van der Waals surface area contributed by atoms with Gasteiger partial charge in [-0.15, -0.1) is 11.3 Å². The molecule has 3 rings (SSSR count). The van der Waals surface area contributed by atoms with Gasteiger partial charge in [-0.25, -0.2) is 9.36 Å². The van der Waals surface area contributed by atoms with E-state index in [-0.39, 0.29) is 28.9 Å². The molecule has 0 bridgehead atoms. The van der Waals surface area contributed by atoms with E-state index in [1.807, 2.05) is 24.4 Å². The Kier molecular flexibility index (Phi) is 5.64. The smallest absolute Gasteiger partial charge is 0.290 e. The molecular formula is C19H23N5O4S. The minimum absolute atomic E-state index is 0.000412. The zero-order chi connectivity index (χ0) is 21.3. The minimum atomic E-state index is -0.455. The minimum Gasteiger partial charge on any atom is -0.506 e. The molecule has 0 aliphatic rings. The van der Waals surface area contributed by atoms with Crippen molar-refractivity contribution in [3.8, 4) is 5.75 Å². The summed E-state index contributed by atoms with van der Waals surface area (Å²) in [6.45, 7) is 1.98. The summed E-state index contributed by atoms with van der Waals surface area (Å²) in [5.74, 6) is -0.313. The van der Waals surface area contributed by atoms with E-state index in [1.54, 1.807) is 11.3 Å². The van der Waals surface area contributed by atoms with E-state index in [2.05, 4.69) is 10.6 Å². The van der Waals surface area contributed by atoms with Crippen LogP contribution >= 0.6 is 11.3 Å². The lowest BCUT2D eigenvalue weighted by Gasteiger charge is -2.21. The number of aromatic hydroxyl groups is 1. The second-order valence-electron chi connectivity index (χ2n) is 6.67. The summed E-state index contributed by atoms with van der Waals surface area (Å²) >= 11 is 1.55. The molecule has 9 nitrogen and oxygen atoms in total. The number of nitrogens with one attached hydrogen (secondary N) is 2. The number of thiophene rings is 1. The largest absolute Gasteiger partial charge is 0.506 e. The number of anilines is 3. The van der Waals surface area contributed by atoms with Crippen LogP contribution in [0.3, 0.4) is 0 Å². The lowest BCUT2D eigenvalue weighted by Crippen LogP contribution is -2.38. The van der Waals surface area contributed by atoms with E-state index >= 15 is 0 Å². The molecule has 3 aromatic heterocycles. The number of aromatic nitrogens is 3. The summed E-state index contributed by atoms with van der Waals surface area (Å²) in [5, 5.41) is 18.1. The molecule has 0 aromatic carbocycles. The fourth-order valence-electron chi connectivity index (χ4n) is 2.95. The summed E-state index contributed by atoms with van der Waals surface area (Å²) in [6, 6.07) is 4.77. The van der Waals surface area contributed by atoms with Gasteiger partial charge in [0.05, 0.1) is 11.7 Å². The number of pyridine rings is 1. The van der Waals surface area contributed by atoms with Crippen molar-refractivity contribution in [3.05, 3.63) is 65.7 Å². The van der Waals surface area contributed by atoms with Gasteiger partial charge in [-0.05, 0) is 17.9 Å². The van der Waals surface area contributed by atoms with E-state index in [0.717, 1.165) is 10.9 Å². The number of hydrogen-bond acceptors (Lipinski definition) is 7. The van der Waals surface area contributed by atoms with Crippen LogP contribution in [0.1, 0.15) is 24.3 Å². The predicted molar refractivity (Wildman–Crippen MR) is 115 cm³/mol. The fourth-order valence-corrected chi connectivity index (χ4v) is 3.81. The van der Waals surface area contributed by atoms with Crippen LogP contribution in [0.5, 0.6) is 5.75 Å². The molecule has 29 heavy (non-hydrogen) atoms. The van der Waals surface area contributed by atoms with Gasteiger partial charge in [0.2, 0.25) is 0 Å². The van der Waals surface area contributed by atoms with Crippen molar-refractivity contribution in [2.24, 2.45) is 21.1 Å². The molecule has 3 N–H and O–H groups in total. The van der Waals surface area contributed by atoms with E-state index in [9.17, 15) is 19.5 Å². The van der Waals surface area contributed by atoms with Crippen LogP contribution in [0, 0.1) is 0 Å². The van der Waals surface area contributed by atoms with Crippen LogP contribution in [0.2, 0.25) is 0 Å². The molecule has 0 amide bonds. The third-order valence-electron chi connectivity index (χ3n) is 4.80. The van der Waals surface area contributed by atoms with E-state index in [1.165, 1.54) is 41.3 Å². The lowest BCUT2D eigenvalue weighted by atomic mass is 10.1. The van der Waals surface area contributed by atoms with Crippen LogP contribution in [0.25, 0.3) is 0 Å². The monoisotopic (exact) mass is 417 g/mol. The first-order valence-corrected chi connectivity index (χ1v) is 9.89. The third-order valence-corrected chi connectivity index (χ3v) is 5.78. The van der Waals surface area contributed by atoms with Gasteiger partial charge in [-0.1, -0.05) is 13.0 Å². The first-order valence-electron chi connectivity index (χ1n) is 9.01. The van der Waals surface area contributed by atoms with Crippen molar-refractivity contribution in [2.75, 3.05) is 10.6 Å². The molecule has 3 heterocycles. The maximum Gasteiger partial charge on any atom is 0.290 e. The van der Waals surface area contributed by atoms with Crippen LogP contribution in [0.4, 0.5) is 17.1 Å². The van der Waals surface area contributed by atoms with Crippen molar-refractivity contribution in [3.63, 3.8) is 0 Å². The Hall–Kier alpha value is -3.27. The first kappa shape index (κ1) is 20.5. The van der Waals surface area contributed by atoms with Crippen molar-refractivity contribution in [1.29, 1.82) is 0 Å². The number of aryl methyl sites for hydroxylation is 1. The normalized spacial score (nSPS) is 12.0. The average Bonchev–Trinajstić information content (AvgIpc) is 3.22. The highest BCUT2D eigenvalue weighted by Gasteiger charge is 2.21. The summed E-state index contributed by atoms with van der Waals surface area (Å²) in [4.78, 5) is 38.6. The second kappa shape index (κ2) is 8.00. The molecule has 0 saturated heterocycles. The maximum atomic E-state index is 13.0. The van der Waals surface area contributed by atoms with Crippen molar-refractivity contribution in [2.45, 2.75) is 19.4 Å². The standard InChI is InChI=1S/C19H23N5O4S/c1-5-11(14-7-6-8-29-14)20-16-17(19(28)24(4)23(3)18(16)27)21-12-10-22(2)15(26)9-13(12)25/h6-11,20-21,25H,5H2,1-4H3/t11-/m1/s1. The van der Waals surface area contributed by atoms with Crippen LogP contribution < -0.4 is 27.3 Å². The Morgan fingerprint density at radius 3 is 2.34 bits per heavy atom. The van der Waals surface area contributed by atoms with Gasteiger partial charge in [-0.3, -0.25) is 14.4 Å². The SMILES string of the molecule is CC[C@@H](Nc1c(Nc2cn(C)c(=O)cc2O)c(=O)n(C)n(C)c1=O)c1cccs1. The molecule has 0 radical (unpaired) electrons. The zero-order valence-electron chi connectivity index (χ0n) is 16.6. The van der Waals surface area contributed by atoms with Crippen LogP contribution in [-0.4, -0.2) is 19.0 Å². The van der Waals surface area contributed by atoms with Crippen LogP contribution in [-0.2, 0) is 21.1 Å². The topological polar surface area (TPSA) is 110 Å². The molecule has 0 aliphatic heterocycles. The number of rotatable bonds is 6. The Morgan fingerprint density at radius 2 is 1.76 bits per heavy atom. The Morgan fingerprint density at radius 1 is 1.10 bits per heavy atom. The highest BCUT2D eigenvalue weighted by atomic mass is 32.1. The van der Waals surface area contributed by atoms with Crippen LogP contribution in [0.15, 0.2) is 44.2 Å². The molecule has 0 fully saturated rings. The summed E-state index contributed by atoms with van der Waals surface area (Å²) in [7, 11) is 4.52. The van der Waals surface area contributed by atoms with Crippen molar-refractivity contribution < 1.29 is 5.11 Å². The third kappa shape index (κ3) is 3.83. The predicted octanol–water partition coefficient (Wildman–Crippen LogP) is 1.86. The summed E-state index contributed by atoms with van der Waals surface area (Å²) < 4.78 is 3.67. The van der Waals surface area contributed by atoms with Crippen molar-refractivity contribution in [1.82, 2.24) is 13.9 Å². The zero-order valence-corrected chi connectivity index (χ0v) is 17.4. The maximum absolute atomic E-state index is 13.0. The fraction of sp³-hybridized carbons (Fsp3) is 0.316. The van der Waals surface area contributed by atoms with Gasteiger partial charge in [0.15, 0.2) is 0 Å².